The molecule has 2 N–H and O–H groups in total. The van der Waals surface area contributed by atoms with Gasteiger partial charge in [0.25, 0.3) is 0 Å². The highest BCUT2D eigenvalue weighted by atomic mass is 16.5. The summed E-state index contributed by atoms with van der Waals surface area (Å²) in [6.07, 6.45) is 0.451. The number of nitrogens with zero attached hydrogens (tertiary/aromatic N) is 3. The van der Waals surface area contributed by atoms with Crippen molar-refractivity contribution >= 4 is 5.97 Å². The van der Waals surface area contributed by atoms with Gasteiger partial charge in [-0.05, 0) is 20.3 Å². The van der Waals surface area contributed by atoms with Gasteiger partial charge in [-0.15, -0.1) is 5.10 Å². The summed E-state index contributed by atoms with van der Waals surface area (Å²) in [5.41, 5.74) is -0.536. The molecule has 1 rings (SSSR count). The molecule has 0 aromatic carbocycles. The van der Waals surface area contributed by atoms with Crippen LogP contribution in [0, 0.1) is 0 Å². The van der Waals surface area contributed by atoms with E-state index in [1.807, 2.05) is 0 Å². The van der Waals surface area contributed by atoms with Crippen LogP contribution in [0.5, 0.6) is 0 Å². The number of aliphatic hydroxyl groups is 1. The van der Waals surface area contributed by atoms with Crippen LogP contribution in [-0.4, -0.2) is 43.9 Å². The van der Waals surface area contributed by atoms with E-state index in [4.69, 9.17) is 9.84 Å². The number of aromatic carboxylic acids is 1. The standard InChI is InChI=1S/C10H17N3O4/c1-10(2,16)4-5-13-7(6-17-3)8(9(14)15)11-12-13/h16H,4-6H2,1-3H3,(H,14,15). The molecule has 0 bridgehead atoms. The first-order valence-electron chi connectivity index (χ1n) is 5.22. The van der Waals surface area contributed by atoms with Crippen LogP contribution in [0.15, 0.2) is 0 Å². The van der Waals surface area contributed by atoms with E-state index in [0.717, 1.165) is 0 Å². The van der Waals surface area contributed by atoms with Crippen molar-refractivity contribution < 1.29 is 19.7 Å². The lowest BCUT2D eigenvalue weighted by Gasteiger charge is -2.17. The van der Waals surface area contributed by atoms with Crippen LogP contribution in [0.25, 0.3) is 0 Å². The lowest BCUT2D eigenvalue weighted by molar-refractivity contribution is 0.0638. The molecule has 0 aliphatic heterocycles. The lowest BCUT2D eigenvalue weighted by Crippen LogP contribution is -2.22. The number of ether oxygens (including phenoxy) is 1. The van der Waals surface area contributed by atoms with Gasteiger partial charge in [-0.2, -0.15) is 0 Å². The Labute approximate surface area is 99.0 Å². The monoisotopic (exact) mass is 243 g/mol. The molecular weight excluding hydrogens is 226 g/mol. The zero-order chi connectivity index (χ0) is 13.1. The lowest BCUT2D eigenvalue weighted by atomic mass is 10.1. The van der Waals surface area contributed by atoms with Crippen LogP contribution >= 0.6 is 0 Å². The third-order valence-corrected chi connectivity index (χ3v) is 2.26. The Bertz CT molecular complexity index is 395. The van der Waals surface area contributed by atoms with Crippen LogP contribution in [0.1, 0.15) is 36.5 Å². The molecule has 0 unspecified atom stereocenters. The van der Waals surface area contributed by atoms with Gasteiger partial charge in [0.2, 0.25) is 0 Å². The first-order chi connectivity index (χ1) is 7.85. The van der Waals surface area contributed by atoms with E-state index in [9.17, 15) is 9.90 Å². The molecule has 0 atom stereocenters. The van der Waals surface area contributed by atoms with E-state index >= 15 is 0 Å². The van der Waals surface area contributed by atoms with E-state index in [-0.39, 0.29) is 12.3 Å². The maximum atomic E-state index is 10.9. The maximum absolute atomic E-state index is 10.9. The molecule has 17 heavy (non-hydrogen) atoms. The average Bonchev–Trinajstić information content (AvgIpc) is 2.58. The number of hydrogen-bond acceptors (Lipinski definition) is 5. The van der Waals surface area contributed by atoms with Crippen molar-refractivity contribution in [1.82, 2.24) is 15.0 Å². The van der Waals surface area contributed by atoms with E-state index in [1.54, 1.807) is 13.8 Å². The SMILES string of the molecule is COCc1c(C(=O)O)nnn1CCC(C)(C)O. The van der Waals surface area contributed by atoms with Crippen LogP contribution < -0.4 is 0 Å². The smallest absolute Gasteiger partial charge is 0.358 e. The zero-order valence-electron chi connectivity index (χ0n) is 10.2. The van der Waals surface area contributed by atoms with Crippen LogP contribution in [0.3, 0.4) is 0 Å². The van der Waals surface area contributed by atoms with E-state index in [0.29, 0.717) is 18.7 Å². The van der Waals surface area contributed by atoms with Gasteiger partial charge in [0.05, 0.1) is 17.9 Å². The normalized spacial score (nSPS) is 11.8. The van der Waals surface area contributed by atoms with Crippen molar-refractivity contribution in [3.05, 3.63) is 11.4 Å². The third-order valence-electron chi connectivity index (χ3n) is 2.26. The second kappa shape index (κ2) is 5.24. The summed E-state index contributed by atoms with van der Waals surface area (Å²) in [5, 5.41) is 25.9. The molecule has 7 nitrogen and oxygen atoms in total. The summed E-state index contributed by atoms with van der Waals surface area (Å²) in [6.45, 7) is 3.87. The Morgan fingerprint density at radius 2 is 2.18 bits per heavy atom. The van der Waals surface area contributed by atoms with Crippen LogP contribution in [-0.2, 0) is 17.9 Å². The number of methoxy groups -OCH3 is 1. The van der Waals surface area contributed by atoms with Gasteiger partial charge in [-0.25, -0.2) is 9.48 Å². The minimum Gasteiger partial charge on any atom is -0.476 e. The second-order valence-corrected chi connectivity index (χ2v) is 4.41. The predicted octanol–water partition coefficient (Wildman–Crippen LogP) is 0.284. The molecule has 7 heteroatoms. The molecule has 1 heterocycles. The van der Waals surface area contributed by atoms with Crippen molar-refractivity contribution in [1.29, 1.82) is 0 Å². The molecular formula is C10H17N3O4. The van der Waals surface area contributed by atoms with Gasteiger partial charge in [-0.1, -0.05) is 5.21 Å². The fourth-order valence-electron chi connectivity index (χ4n) is 1.34. The van der Waals surface area contributed by atoms with Crippen molar-refractivity contribution in [3.8, 4) is 0 Å². The van der Waals surface area contributed by atoms with Gasteiger partial charge < -0.3 is 14.9 Å². The first kappa shape index (κ1) is 13.6. The Morgan fingerprint density at radius 3 is 2.65 bits per heavy atom. The molecule has 0 fully saturated rings. The number of rotatable bonds is 6. The maximum Gasteiger partial charge on any atom is 0.358 e. The summed E-state index contributed by atoms with van der Waals surface area (Å²) < 4.78 is 6.37. The number of carbonyl (C=O) groups is 1. The molecule has 0 amide bonds. The van der Waals surface area contributed by atoms with Crippen LogP contribution in [0.2, 0.25) is 0 Å². The highest BCUT2D eigenvalue weighted by Crippen LogP contribution is 2.12. The summed E-state index contributed by atoms with van der Waals surface area (Å²) in [6, 6.07) is 0. The first-order valence-corrected chi connectivity index (χ1v) is 5.22. The Hall–Kier alpha value is -1.47. The van der Waals surface area contributed by atoms with Crippen molar-refractivity contribution in [2.45, 2.75) is 39.0 Å². The Kier molecular flexibility index (Phi) is 4.19. The van der Waals surface area contributed by atoms with Gasteiger partial charge in [0, 0.05) is 13.7 Å². The highest BCUT2D eigenvalue weighted by Gasteiger charge is 2.20. The Morgan fingerprint density at radius 1 is 1.53 bits per heavy atom. The van der Waals surface area contributed by atoms with Crippen molar-refractivity contribution in [3.63, 3.8) is 0 Å². The average molecular weight is 243 g/mol. The fourth-order valence-corrected chi connectivity index (χ4v) is 1.34. The summed E-state index contributed by atoms with van der Waals surface area (Å²) in [5.74, 6) is -1.13. The molecule has 1 aromatic heterocycles. The summed E-state index contributed by atoms with van der Waals surface area (Å²) in [7, 11) is 1.47. The molecule has 1 aromatic rings. The molecule has 96 valence electrons. The second-order valence-electron chi connectivity index (χ2n) is 4.41. The quantitative estimate of drug-likeness (QED) is 0.745. The molecule has 0 aliphatic rings. The predicted molar refractivity (Wildman–Crippen MR) is 58.6 cm³/mol. The van der Waals surface area contributed by atoms with Crippen LogP contribution in [0.4, 0.5) is 0 Å². The number of carboxylic acids is 1. The number of hydrogen-bond donors (Lipinski definition) is 2. The van der Waals surface area contributed by atoms with Gasteiger partial charge in [-0.3, -0.25) is 0 Å². The van der Waals surface area contributed by atoms with Gasteiger partial charge >= 0.3 is 5.97 Å². The largest absolute Gasteiger partial charge is 0.476 e. The zero-order valence-corrected chi connectivity index (χ0v) is 10.2. The molecule has 0 aliphatic carbocycles. The number of carboxylic acid groups (broad SMARTS) is 1. The number of aryl methyl sites for hydroxylation is 1. The fraction of sp³-hybridized carbons (Fsp3) is 0.700. The van der Waals surface area contributed by atoms with E-state index < -0.39 is 11.6 Å². The Balaban J connectivity index is 2.88. The molecule has 0 saturated heterocycles. The molecule has 0 saturated carbocycles. The third kappa shape index (κ3) is 3.79. The van der Waals surface area contributed by atoms with Gasteiger partial charge in [0.1, 0.15) is 0 Å². The van der Waals surface area contributed by atoms with Crippen molar-refractivity contribution in [2.24, 2.45) is 0 Å². The van der Waals surface area contributed by atoms with E-state index in [2.05, 4.69) is 10.3 Å². The highest BCUT2D eigenvalue weighted by molar-refractivity contribution is 5.86. The summed E-state index contributed by atoms with van der Waals surface area (Å²) in [4.78, 5) is 10.9. The topological polar surface area (TPSA) is 97.5 Å². The molecule has 0 spiro atoms. The summed E-state index contributed by atoms with van der Waals surface area (Å²) >= 11 is 0. The van der Waals surface area contributed by atoms with Crippen molar-refractivity contribution in [2.75, 3.05) is 7.11 Å². The van der Waals surface area contributed by atoms with Gasteiger partial charge in [0.15, 0.2) is 5.69 Å². The minimum absolute atomic E-state index is 0.109. The minimum atomic E-state index is -1.13. The van der Waals surface area contributed by atoms with E-state index in [1.165, 1.54) is 11.8 Å². The molecule has 0 radical (unpaired) electrons. The number of aromatic nitrogens is 3.